The van der Waals surface area contributed by atoms with Gasteiger partial charge in [0.25, 0.3) is 0 Å². The average molecular weight is 525 g/mol. The fourth-order valence-corrected chi connectivity index (χ4v) is 5.20. The van der Waals surface area contributed by atoms with Crippen molar-refractivity contribution in [2.24, 2.45) is 0 Å². The highest BCUT2D eigenvalue weighted by Gasteiger charge is 2.38. The van der Waals surface area contributed by atoms with Gasteiger partial charge in [-0.05, 0) is 68.4 Å². The third-order valence-electron chi connectivity index (χ3n) is 6.89. The van der Waals surface area contributed by atoms with Crippen LogP contribution in [0.5, 0.6) is 0 Å². The van der Waals surface area contributed by atoms with Gasteiger partial charge in [-0.3, -0.25) is 4.79 Å². The molecule has 0 amide bonds. The topological polar surface area (TPSA) is 49.8 Å². The molecule has 0 spiro atoms. The highest BCUT2D eigenvalue weighted by atomic mass is 79.9. The van der Waals surface area contributed by atoms with Crippen LogP contribution >= 0.6 is 15.9 Å². The van der Waals surface area contributed by atoms with Crippen LogP contribution in [0.1, 0.15) is 71.4 Å². The summed E-state index contributed by atoms with van der Waals surface area (Å²) in [6.07, 6.45) is 6.34. The van der Waals surface area contributed by atoms with Crippen molar-refractivity contribution in [3.8, 4) is 0 Å². The number of benzene rings is 1. The zero-order valence-corrected chi connectivity index (χ0v) is 23.6. The molecule has 6 heteroatoms. The highest BCUT2D eigenvalue weighted by molar-refractivity contribution is 9.09. The Labute approximate surface area is 204 Å². The molecule has 1 N–H and O–H groups in total. The molecule has 0 unspecified atom stereocenters. The van der Waals surface area contributed by atoms with Gasteiger partial charge in [-0.25, -0.2) is 0 Å². The highest BCUT2D eigenvalue weighted by Crippen LogP contribution is 2.43. The maximum Gasteiger partial charge on any atom is 0.305 e. The van der Waals surface area contributed by atoms with E-state index in [9.17, 15) is 9.59 Å². The van der Waals surface area contributed by atoms with Crippen LogP contribution in [-0.2, 0) is 16.0 Å². The van der Waals surface area contributed by atoms with Gasteiger partial charge in [-0.15, -0.1) is 0 Å². The summed E-state index contributed by atoms with van der Waals surface area (Å²) < 4.78 is 5.34. The Morgan fingerprint density at radius 2 is 1.94 bits per heavy atom. The van der Waals surface area contributed by atoms with Gasteiger partial charge in [0.05, 0.1) is 12.1 Å². The first-order chi connectivity index (χ1) is 14.8. The molecule has 32 heavy (non-hydrogen) atoms. The second-order valence-electron chi connectivity index (χ2n) is 10.8. The van der Waals surface area contributed by atoms with E-state index in [4.69, 9.17) is 4.74 Å². The normalized spacial score (nSPS) is 15.9. The molecule has 0 fully saturated rings. The summed E-state index contributed by atoms with van der Waals surface area (Å²) in [6.45, 7) is 16.3. The van der Waals surface area contributed by atoms with Crippen molar-refractivity contribution in [2.75, 3.05) is 23.4 Å². The SMILES string of the molecule is CCCCOC(=O)CCCN1c2cc(CC(C)(C)[Si](C)(C)O)ccc2C(CBr)=CC1(C)C. The Morgan fingerprint density at radius 1 is 1.25 bits per heavy atom. The number of rotatable bonds is 11. The van der Waals surface area contributed by atoms with Crippen LogP contribution in [0, 0.1) is 0 Å². The number of unbranched alkanes of at least 4 members (excludes halogenated alkanes) is 1. The van der Waals surface area contributed by atoms with E-state index in [0.29, 0.717) is 13.0 Å². The predicted molar refractivity (Wildman–Crippen MR) is 142 cm³/mol. The van der Waals surface area contributed by atoms with E-state index in [1.165, 1.54) is 22.4 Å². The summed E-state index contributed by atoms with van der Waals surface area (Å²) in [7, 11) is -2.30. The Kier molecular flexibility index (Phi) is 9.22. The molecule has 2 rings (SSSR count). The lowest BCUT2D eigenvalue weighted by Gasteiger charge is -2.44. The minimum absolute atomic E-state index is 0.101. The van der Waals surface area contributed by atoms with Crippen LogP contribution < -0.4 is 4.90 Å². The molecular weight excluding hydrogens is 482 g/mol. The molecular formula is C26H42BrNO3Si. The van der Waals surface area contributed by atoms with E-state index in [1.54, 1.807) is 0 Å². The number of nitrogens with zero attached hydrogens (tertiary/aromatic N) is 1. The molecule has 1 aromatic carbocycles. The van der Waals surface area contributed by atoms with Crippen molar-refractivity contribution in [3.05, 3.63) is 35.4 Å². The Morgan fingerprint density at radius 3 is 2.53 bits per heavy atom. The number of alkyl halides is 1. The van der Waals surface area contributed by atoms with Crippen LogP contribution in [0.4, 0.5) is 5.69 Å². The quantitative estimate of drug-likeness (QED) is 0.151. The van der Waals surface area contributed by atoms with Crippen LogP contribution in [0.3, 0.4) is 0 Å². The number of hydrogen-bond acceptors (Lipinski definition) is 4. The number of carbonyl (C=O) groups is 1. The minimum atomic E-state index is -2.30. The molecule has 0 aromatic heterocycles. The zero-order chi connectivity index (χ0) is 24.2. The number of ether oxygens (including phenoxy) is 1. The van der Waals surface area contributed by atoms with Gasteiger partial charge in [-0.2, -0.15) is 0 Å². The Hall–Kier alpha value is -1.11. The van der Waals surface area contributed by atoms with Crippen LogP contribution in [0.2, 0.25) is 18.1 Å². The van der Waals surface area contributed by atoms with Crippen LogP contribution in [0.25, 0.3) is 5.57 Å². The molecule has 1 heterocycles. The Bertz CT molecular complexity index is 827. The maximum atomic E-state index is 12.1. The lowest BCUT2D eigenvalue weighted by atomic mass is 9.87. The smallest absolute Gasteiger partial charge is 0.305 e. The molecule has 1 aliphatic rings. The van der Waals surface area contributed by atoms with Gasteiger partial charge in [0.15, 0.2) is 8.32 Å². The second-order valence-corrected chi connectivity index (χ2v) is 15.8. The molecule has 4 nitrogen and oxygen atoms in total. The summed E-state index contributed by atoms with van der Waals surface area (Å²) in [6, 6.07) is 6.73. The predicted octanol–water partition coefficient (Wildman–Crippen LogP) is 6.71. The molecule has 0 saturated heterocycles. The summed E-state index contributed by atoms with van der Waals surface area (Å²) in [5.74, 6) is -0.101. The number of allylic oxidation sites excluding steroid dienone is 1. The van der Waals surface area contributed by atoms with Crippen molar-refractivity contribution in [1.82, 2.24) is 0 Å². The molecule has 0 bridgehead atoms. The fourth-order valence-electron chi connectivity index (χ4n) is 4.10. The zero-order valence-electron chi connectivity index (χ0n) is 21.1. The largest absolute Gasteiger partial charge is 0.466 e. The number of anilines is 1. The van der Waals surface area contributed by atoms with Gasteiger partial charge in [0.1, 0.15) is 0 Å². The molecule has 0 radical (unpaired) electrons. The second kappa shape index (κ2) is 10.9. The van der Waals surface area contributed by atoms with E-state index < -0.39 is 8.32 Å². The van der Waals surface area contributed by atoms with E-state index in [0.717, 1.165) is 37.6 Å². The monoisotopic (exact) mass is 523 g/mol. The van der Waals surface area contributed by atoms with E-state index >= 15 is 0 Å². The number of hydrogen-bond donors (Lipinski definition) is 1. The Balaban J connectivity index is 2.26. The molecule has 1 aromatic rings. The van der Waals surface area contributed by atoms with Gasteiger partial charge >= 0.3 is 5.97 Å². The minimum Gasteiger partial charge on any atom is -0.466 e. The molecule has 0 aliphatic carbocycles. The summed E-state index contributed by atoms with van der Waals surface area (Å²) in [4.78, 5) is 25.3. The van der Waals surface area contributed by atoms with Crippen molar-refractivity contribution in [1.29, 1.82) is 0 Å². The van der Waals surface area contributed by atoms with Gasteiger partial charge in [0, 0.05) is 29.5 Å². The van der Waals surface area contributed by atoms with Crippen molar-refractivity contribution in [2.45, 2.75) is 90.4 Å². The van der Waals surface area contributed by atoms with Gasteiger partial charge < -0.3 is 14.4 Å². The first kappa shape index (κ1) is 27.1. The fraction of sp³-hybridized carbons (Fsp3) is 0.654. The molecule has 0 atom stereocenters. The standard InChI is InChI=1S/C26H42BrNO3Si/c1-8-9-15-31-24(29)11-10-14-28-23-16-20(17-26(4,5)32(6,7)30)12-13-22(23)21(19-27)18-25(28,2)3/h12-13,16,18,30H,8-11,14-15,17,19H2,1-7H3. The third-order valence-corrected chi connectivity index (χ3v) is 11.0. The number of fused-ring (bicyclic) bond motifs is 1. The summed E-state index contributed by atoms with van der Waals surface area (Å²) in [5.41, 5.74) is 4.86. The van der Waals surface area contributed by atoms with Gasteiger partial charge in [0.2, 0.25) is 0 Å². The van der Waals surface area contributed by atoms with Gasteiger partial charge in [-0.1, -0.05) is 61.3 Å². The van der Waals surface area contributed by atoms with Crippen LogP contribution in [0.15, 0.2) is 24.3 Å². The summed E-state index contributed by atoms with van der Waals surface area (Å²) in [5, 5.41) is 0.690. The third kappa shape index (κ3) is 6.70. The maximum absolute atomic E-state index is 12.1. The summed E-state index contributed by atoms with van der Waals surface area (Å²) >= 11 is 3.67. The number of esters is 1. The van der Waals surface area contributed by atoms with Crippen molar-refractivity contribution >= 4 is 41.5 Å². The van der Waals surface area contributed by atoms with E-state index in [2.05, 4.69) is 79.7 Å². The van der Waals surface area contributed by atoms with Crippen molar-refractivity contribution in [3.63, 3.8) is 0 Å². The molecule has 180 valence electrons. The van der Waals surface area contributed by atoms with Crippen LogP contribution in [-0.4, -0.2) is 43.1 Å². The lowest BCUT2D eigenvalue weighted by Crippen LogP contribution is -2.46. The average Bonchev–Trinajstić information content (AvgIpc) is 2.68. The first-order valence-electron chi connectivity index (χ1n) is 11.9. The van der Waals surface area contributed by atoms with E-state index in [-0.39, 0.29) is 16.5 Å². The molecule has 0 saturated carbocycles. The number of carbonyl (C=O) groups excluding carboxylic acids is 1. The number of halogens is 1. The first-order valence-corrected chi connectivity index (χ1v) is 16.0. The van der Waals surface area contributed by atoms with E-state index in [1.807, 2.05) is 13.1 Å². The lowest BCUT2D eigenvalue weighted by molar-refractivity contribution is -0.143. The molecule has 1 aliphatic heterocycles. The van der Waals surface area contributed by atoms with Crippen molar-refractivity contribution < 1.29 is 14.3 Å².